The molecule has 13 heteroatoms. The molecule has 38 heavy (non-hydrogen) atoms. The molecular weight excluding hydrogens is 544 g/mol. The second-order valence-electron chi connectivity index (χ2n) is 8.29. The quantitative estimate of drug-likeness (QED) is 0.464. The SMILES string of the molecule is NC(=O)[C@H]1CN(C(=O)OCc2ccccc2)CCN1S(=O)(=O)c1cc(F)c(Oc2ccc(Cl)cc2)c(F)c1. The van der Waals surface area contributed by atoms with Gasteiger partial charge in [0.25, 0.3) is 0 Å². The third kappa shape index (κ3) is 6.04. The number of piperazine rings is 1. The van der Waals surface area contributed by atoms with Crippen molar-refractivity contribution in [3.63, 3.8) is 0 Å². The van der Waals surface area contributed by atoms with Crippen molar-refractivity contribution >= 4 is 33.6 Å². The van der Waals surface area contributed by atoms with Crippen LogP contribution in [-0.2, 0) is 26.2 Å². The molecule has 0 spiro atoms. The number of nitrogens with zero attached hydrogens (tertiary/aromatic N) is 2. The van der Waals surface area contributed by atoms with Gasteiger partial charge in [0.2, 0.25) is 15.9 Å². The highest BCUT2D eigenvalue weighted by atomic mass is 35.5. The Kier molecular flexibility index (Phi) is 8.14. The molecule has 200 valence electrons. The van der Waals surface area contributed by atoms with Gasteiger partial charge in [-0.1, -0.05) is 41.9 Å². The molecule has 0 unspecified atom stereocenters. The van der Waals surface area contributed by atoms with Gasteiger partial charge in [0.1, 0.15) is 18.4 Å². The van der Waals surface area contributed by atoms with Crippen LogP contribution in [0.4, 0.5) is 13.6 Å². The average molecular weight is 566 g/mol. The summed E-state index contributed by atoms with van der Waals surface area (Å²) in [5.41, 5.74) is 6.18. The lowest BCUT2D eigenvalue weighted by molar-refractivity contribution is -0.123. The van der Waals surface area contributed by atoms with Crippen molar-refractivity contribution in [2.75, 3.05) is 19.6 Å². The third-order valence-corrected chi connectivity index (χ3v) is 7.87. The highest BCUT2D eigenvalue weighted by Crippen LogP contribution is 2.32. The Hall–Kier alpha value is -3.74. The molecule has 1 fully saturated rings. The minimum atomic E-state index is -4.60. The number of rotatable bonds is 7. The number of ether oxygens (including phenoxy) is 2. The molecule has 1 aliphatic rings. The highest BCUT2D eigenvalue weighted by molar-refractivity contribution is 7.89. The fourth-order valence-corrected chi connectivity index (χ4v) is 5.53. The van der Waals surface area contributed by atoms with E-state index in [1.165, 1.54) is 24.3 Å². The molecule has 2 N–H and O–H groups in total. The van der Waals surface area contributed by atoms with Crippen molar-refractivity contribution < 1.29 is 36.3 Å². The van der Waals surface area contributed by atoms with Gasteiger partial charge in [-0.15, -0.1) is 0 Å². The van der Waals surface area contributed by atoms with E-state index in [9.17, 15) is 26.8 Å². The number of carbonyl (C=O) groups excluding carboxylic acids is 2. The second-order valence-corrected chi connectivity index (χ2v) is 10.6. The number of hydrogen-bond donors (Lipinski definition) is 1. The van der Waals surface area contributed by atoms with Crippen LogP contribution in [0.15, 0.2) is 71.6 Å². The summed E-state index contributed by atoms with van der Waals surface area (Å²) in [4.78, 5) is 25.1. The van der Waals surface area contributed by atoms with E-state index in [1.54, 1.807) is 30.3 Å². The van der Waals surface area contributed by atoms with Crippen LogP contribution in [-0.4, -0.2) is 55.3 Å². The molecule has 3 aromatic rings. The first-order chi connectivity index (χ1) is 18.1. The molecule has 0 saturated carbocycles. The van der Waals surface area contributed by atoms with Crippen molar-refractivity contribution in [3.05, 3.63) is 89.0 Å². The predicted octanol–water partition coefficient (Wildman–Crippen LogP) is 3.91. The highest BCUT2D eigenvalue weighted by Gasteiger charge is 2.41. The van der Waals surface area contributed by atoms with Gasteiger partial charge in [-0.05, 0) is 42.0 Å². The molecule has 0 aliphatic carbocycles. The lowest BCUT2D eigenvalue weighted by Crippen LogP contribution is -2.60. The van der Waals surface area contributed by atoms with Gasteiger partial charge in [-0.25, -0.2) is 22.0 Å². The fraction of sp³-hybridized carbons (Fsp3) is 0.200. The van der Waals surface area contributed by atoms with E-state index in [1.807, 2.05) is 0 Å². The Labute approximate surface area is 222 Å². The molecule has 3 aromatic carbocycles. The topological polar surface area (TPSA) is 119 Å². The maximum atomic E-state index is 14.8. The molecule has 4 rings (SSSR count). The van der Waals surface area contributed by atoms with E-state index in [-0.39, 0.29) is 25.4 Å². The van der Waals surface area contributed by atoms with Crippen molar-refractivity contribution in [3.8, 4) is 11.5 Å². The van der Waals surface area contributed by atoms with Gasteiger partial charge in [0, 0.05) is 24.7 Å². The van der Waals surface area contributed by atoms with Crippen molar-refractivity contribution in [1.82, 2.24) is 9.21 Å². The third-order valence-electron chi connectivity index (χ3n) is 5.73. The first-order valence-corrected chi connectivity index (χ1v) is 13.1. The minimum Gasteiger partial charge on any atom is -0.451 e. The zero-order valence-corrected chi connectivity index (χ0v) is 21.3. The van der Waals surface area contributed by atoms with Crippen molar-refractivity contribution in [2.45, 2.75) is 17.5 Å². The van der Waals surface area contributed by atoms with Gasteiger partial charge < -0.3 is 20.1 Å². The summed E-state index contributed by atoms with van der Waals surface area (Å²) in [5, 5.41) is 0.383. The molecule has 0 radical (unpaired) electrons. The molecule has 1 atom stereocenters. The van der Waals surface area contributed by atoms with Crippen molar-refractivity contribution in [2.24, 2.45) is 5.73 Å². The van der Waals surface area contributed by atoms with Crippen LogP contribution in [0.2, 0.25) is 5.02 Å². The number of hydrogen-bond acceptors (Lipinski definition) is 6. The van der Waals surface area contributed by atoms with Crippen LogP contribution in [0.3, 0.4) is 0 Å². The monoisotopic (exact) mass is 565 g/mol. The van der Waals surface area contributed by atoms with Crippen LogP contribution >= 0.6 is 11.6 Å². The first-order valence-electron chi connectivity index (χ1n) is 11.3. The molecule has 9 nitrogen and oxygen atoms in total. The summed E-state index contributed by atoms with van der Waals surface area (Å²) >= 11 is 5.79. The second kappa shape index (κ2) is 11.3. The van der Waals surface area contributed by atoms with E-state index in [0.29, 0.717) is 21.5 Å². The van der Waals surface area contributed by atoms with E-state index >= 15 is 0 Å². The number of nitrogens with two attached hydrogens (primary N) is 1. The van der Waals surface area contributed by atoms with Gasteiger partial charge >= 0.3 is 6.09 Å². The summed E-state index contributed by atoms with van der Waals surface area (Å²) in [6, 6.07) is 14.2. The summed E-state index contributed by atoms with van der Waals surface area (Å²) in [6.45, 7) is -0.921. The van der Waals surface area contributed by atoms with Crippen LogP contribution < -0.4 is 10.5 Å². The summed E-state index contributed by atoms with van der Waals surface area (Å²) in [6.07, 6.45) is -0.766. The maximum absolute atomic E-state index is 14.8. The first kappa shape index (κ1) is 27.3. The molecular formula is C25H22ClF2N3O6S. The molecule has 2 amide bonds. The summed E-state index contributed by atoms with van der Waals surface area (Å²) in [7, 11) is -4.60. The Balaban J connectivity index is 1.51. The predicted molar refractivity (Wildman–Crippen MR) is 133 cm³/mol. The van der Waals surface area contributed by atoms with Gasteiger partial charge in [0.15, 0.2) is 17.4 Å². The van der Waals surface area contributed by atoms with Crippen molar-refractivity contribution in [1.29, 1.82) is 0 Å². The lowest BCUT2D eigenvalue weighted by Gasteiger charge is -2.38. The lowest BCUT2D eigenvalue weighted by atomic mass is 10.2. The van der Waals surface area contributed by atoms with Gasteiger partial charge in [-0.2, -0.15) is 4.31 Å². The molecule has 0 bridgehead atoms. The fourth-order valence-electron chi connectivity index (χ4n) is 3.80. The largest absolute Gasteiger partial charge is 0.451 e. The van der Waals surface area contributed by atoms with E-state index in [2.05, 4.69) is 0 Å². The number of primary amides is 1. The maximum Gasteiger partial charge on any atom is 0.410 e. The standard InChI is InChI=1S/C25H22ClF2N3O6S/c26-17-6-8-18(9-7-17)37-23-20(27)12-19(13-21(23)28)38(34,35)31-11-10-30(14-22(31)24(29)32)25(33)36-15-16-4-2-1-3-5-16/h1-9,12-13,22H,10-11,14-15H2,(H2,29,32)/t22-/m1/s1. The molecule has 1 saturated heterocycles. The molecule has 0 aromatic heterocycles. The number of benzene rings is 3. The zero-order chi connectivity index (χ0) is 27.4. The van der Waals surface area contributed by atoms with Crippen LogP contribution in [0.5, 0.6) is 11.5 Å². The van der Waals surface area contributed by atoms with Crippen LogP contribution in [0.25, 0.3) is 0 Å². The van der Waals surface area contributed by atoms with E-state index < -0.39 is 56.9 Å². The Morgan fingerprint density at radius 1 is 1.00 bits per heavy atom. The van der Waals surface area contributed by atoms with Gasteiger partial charge in [-0.3, -0.25) is 4.79 Å². The van der Waals surface area contributed by atoms with Crippen LogP contribution in [0, 0.1) is 11.6 Å². The van der Waals surface area contributed by atoms with E-state index in [4.69, 9.17) is 26.8 Å². The number of sulfonamides is 1. The van der Waals surface area contributed by atoms with E-state index in [0.717, 1.165) is 10.5 Å². The Morgan fingerprint density at radius 3 is 2.24 bits per heavy atom. The smallest absolute Gasteiger partial charge is 0.410 e. The summed E-state index contributed by atoms with van der Waals surface area (Å²) in [5.74, 6) is -4.34. The molecule has 1 heterocycles. The average Bonchev–Trinajstić information content (AvgIpc) is 2.90. The number of amides is 2. The number of halogens is 3. The molecule has 1 aliphatic heterocycles. The number of carbonyl (C=O) groups is 2. The zero-order valence-electron chi connectivity index (χ0n) is 19.7. The normalized spacial score (nSPS) is 16.2. The Bertz CT molecular complexity index is 1420. The summed E-state index contributed by atoms with van der Waals surface area (Å²) < 4.78 is 67.3. The Morgan fingerprint density at radius 2 is 1.63 bits per heavy atom. The van der Waals surface area contributed by atoms with Crippen LogP contribution in [0.1, 0.15) is 5.56 Å². The minimum absolute atomic E-state index is 0.0254. The van der Waals surface area contributed by atoms with Gasteiger partial charge in [0.05, 0.1) is 4.90 Å².